The van der Waals surface area contributed by atoms with E-state index >= 15 is 0 Å². The van der Waals surface area contributed by atoms with Crippen LogP contribution in [-0.4, -0.2) is 43.6 Å². The molecule has 0 aliphatic carbocycles. The van der Waals surface area contributed by atoms with Crippen LogP contribution in [-0.2, 0) is 17.6 Å². The summed E-state index contributed by atoms with van der Waals surface area (Å²) in [6.45, 7) is 3.19. The van der Waals surface area contributed by atoms with Crippen molar-refractivity contribution in [3.63, 3.8) is 0 Å². The van der Waals surface area contributed by atoms with Gasteiger partial charge in [0.15, 0.2) is 0 Å². The highest BCUT2D eigenvalue weighted by molar-refractivity contribution is 9.10. The summed E-state index contributed by atoms with van der Waals surface area (Å²) < 4.78 is 11.6. The molecule has 0 spiro atoms. The van der Waals surface area contributed by atoms with E-state index in [2.05, 4.69) is 20.9 Å². The Kier molecular flexibility index (Phi) is 6.97. The molecule has 0 N–H and O–H groups in total. The van der Waals surface area contributed by atoms with Crippen molar-refractivity contribution in [1.29, 1.82) is 0 Å². The fourth-order valence-corrected chi connectivity index (χ4v) is 3.96. The minimum absolute atomic E-state index is 0.327. The van der Waals surface area contributed by atoms with Crippen LogP contribution in [0.4, 0.5) is 4.79 Å². The summed E-state index contributed by atoms with van der Waals surface area (Å²) in [4.78, 5) is 18.4. The van der Waals surface area contributed by atoms with E-state index in [-0.39, 0.29) is 6.09 Å². The second-order valence-corrected chi connectivity index (χ2v) is 7.60. The molecule has 5 nitrogen and oxygen atoms in total. The SMILES string of the molecule is CCOC(=O)N1CCN=C1c1cccc(Cl)c1CCc1cc(Br)ccc1OC. The smallest absolute Gasteiger partial charge is 0.415 e. The van der Waals surface area contributed by atoms with Crippen molar-refractivity contribution in [3.05, 3.63) is 62.6 Å². The van der Waals surface area contributed by atoms with Crippen molar-refractivity contribution >= 4 is 39.5 Å². The second-order valence-electron chi connectivity index (χ2n) is 6.28. The quantitative estimate of drug-likeness (QED) is 0.595. The predicted octanol–water partition coefficient (Wildman–Crippen LogP) is 5.12. The van der Waals surface area contributed by atoms with Gasteiger partial charge < -0.3 is 9.47 Å². The summed E-state index contributed by atoms with van der Waals surface area (Å²) >= 11 is 10.1. The molecule has 0 radical (unpaired) electrons. The molecule has 7 heteroatoms. The first-order valence-corrected chi connectivity index (χ1v) is 10.3. The number of ether oxygens (including phenoxy) is 2. The van der Waals surface area contributed by atoms with Gasteiger partial charge >= 0.3 is 6.09 Å². The predicted molar refractivity (Wildman–Crippen MR) is 115 cm³/mol. The molecule has 0 saturated heterocycles. The lowest BCUT2D eigenvalue weighted by molar-refractivity contribution is 0.130. The van der Waals surface area contributed by atoms with E-state index in [1.165, 1.54) is 0 Å². The lowest BCUT2D eigenvalue weighted by atomic mass is 9.98. The van der Waals surface area contributed by atoms with E-state index < -0.39 is 0 Å². The largest absolute Gasteiger partial charge is 0.496 e. The molecule has 28 heavy (non-hydrogen) atoms. The molecule has 1 heterocycles. The normalized spacial score (nSPS) is 13.4. The molecular weight excluding hydrogens is 444 g/mol. The molecule has 0 atom stereocenters. The van der Waals surface area contributed by atoms with Crippen LogP contribution in [0.25, 0.3) is 0 Å². The summed E-state index contributed by atoms with van der Waals surface area (Å²) in [7, 11) is 1.66. The fraction of sp³-hybridized carbons (Fsp3) is 0.333. The fourth-order valence-electron chi connectivity index (χ4n) is 3.28. The minimum atomic E-state index is -0.377. The van der Waals surface area contributed by atoms with E-state index in [1.54, 1.807) is 18.9 Å². The van der Waals surface area contributed by atoms with Crippen molar-refractivity contribution in [3.8, 4) is 5.75 Å². The van der Waals surface area contributed by atoms with Gasteiger partial charge in [-0.05, 0) is 55.2 Å². The van der Waals surface area contributed by atoms with Crippen LogP contribution in [0.2, 0.25) is 5.02 Å². The number of carbonyl (C=O) groups excluding carboxylic acids is 1. The monoisotopic (exact) mass is 464 g/mol. The molecule has 1 amide bonds. The molecular formula is C21H22BrClN2O3. The maximum Gasteiger partial charge on any atom is 0.415 e. The molecule has 3 rings (SSSR count). The number of aryl methyl sites for hydroxylation is 1. The maximum atomic E-state index is 12.3. The maximum absolute atomic E-state index is 12.3. The zero-order chi connectivity index (χ0) is 20.1. The number of halogens is 2. The van der Waals surface area contributed by atoms with Crippen molar-refractivity contribution in [1.82, 2.24) is 4.90 Å². The third-order valence-electron chi connectivity index (χ3n) is 4.58. The van der Waals surface area contributed by atoms with Crippen LogP contribution in [0.15, 0.2) is 45.9 Å². The summed E-state index contributed by atoms with van der Waals surface area (Å²) in [5.74, 6) is 1.46. The molecule has 0 aromatic heterocycles. The van der Waals surface area contributed by atoms with Crippen LogP contribution in [0, 0.1) is 0 Å². The van der Waals surface area contributed by atoms with Gasteiger partial charge in [-0.25, -0.2) is 4.79 Å². The van der Waals surface area contributed by atoms with Crippen molar-refractivity contribution in [2.24, 2.45) is 4.99 Å². The Morgan fingerprint density at radius 1 is 1.29 bits per heavy atom. The first kappa shape index (κ1) is 20.7. The Morgan fingerprint density at radius 2 is 2.11 bits per heavy atom. The summed E-state index contributed by atoms with van der Waals surface area (Å²) in [5, 5.41) is 0.657. The highest BCUT2D eigenvalue weighted by Crippen LogP contribution is 2.28. The topological polar surface area (TPSA) is 51.1 Å². The summed E-state index contributed by atoms with van der Waals surface area (Å²) in [6.07, 6.45) is 1.06. The Hall–Kier alpha value is -2.05. The van der Waals surface area contributed by atoms with Gasteiger partial charge in [-0.2, -0.15) is 0 Å². The number of nitrogens with zero attached hydrogens (tertiary/aromatic N) is 2. The minimum Gasteiger partial charge on any atom is -0.496 e. The molecule has 1 aliphatic rings. The number of amides is 1. The van der Waals surface area contributed by atoms with Gasteiger partial charge in [0, 0.05) is 15.1 Å². The Morgan fingerprint density at radius 3 is 2.86 bits per heavy atom. The number of hydrogen-bond donors (Lipinski definition) is 0. The lowest BCUT2D eigenvalue weighted by Gasteiger charge is -2.20. The Bertz CT molecular complexity index is 901. The standard InChI is InChI=1S/C21H22BrClN2O3/c1-3-28-21(26)25-12-11-24-20(25)17-5-4-6-18(23)16(17)9-7-14-13-15(22)8-10-19(14)27-2/h4-6,8,10,13H,3,7,9,11-12H2,1-2H3. The van der Waals surface area contributed by atoms with E-state index in [1.807, 2.05) is 36.4 Å². The number of amidine groups is 1. The van der Waals surface area contributed by atoms with Crippen molar-refractivity contribution in [2.45, 2.75) is 19.8 Å². The van der Waals surface area contributed by atoms with Crippen molar-refractivity contribution < 1.29 is 14.3 Å². The number of hydrogen-bond acceptors (Lipinski definition) is 4. The van der Waals surface area contributed by atoms with Crippen LogP contribution in [0.5, 0.6) is 5.75 Å². The first-order valence-electron chi connectivity index (χ1n) is 9.14. The Labute approximate surface area is 178 Å². The van der Waals surface area contributed by atoms with Crippen LogP contribution in [0.3, 0.4) is 0 Å². The second kappa shape index (κ2) is 9.43. The molecule has 1 aliphatic heterocycles. The van der Waals surface area contributed by atoms with Gasteiger partial charge in [0.1, 0.15) is 11.6 Å². The third kappa shape index (κ3) is 4.50. The van der Waals surface area contributed by atoms with E-state index in [0.29, 0.717) is 37.0 Å². The zero-order valence-electron chi connectivity index (χ0n) is 15.9. The molecule has 2 aromatic carbocycles. The van der Waals surface area contributed by atoms with E-state index in [4.69, 9.17) is 21.1 Å². The van der Waals surface area contributed by atoms with Gasteiger partial charge in [0.25, 0.3) is 0 Å². The molecule has 0 unspecified atom stereocenters. The van der Waals surface area contributed by atoms with Gasteiger partial charge in [0.05, 0.1) is 26.8 Å². The average molecular weight is 466 g/mol. The third-order valence-corrected chi connectivity index (χ3v) is 5.42. The number of aliphatic imine (C=N–C) groups is 1. The summed E-state index contributed by atoms with van der Waals surface area (Å²) in [6, 6.07) is 11.6. The highest BCUT2D eigenvalue weighted by atomic mass is 79.9. The first-order chi connectivity index (χ1) is 13.5. The van der Waals surface area contributed by atoms with Crippen LogP contribution < -0.4 is 4.74 Å². The zero-order valence-corrected chi connectivity index (χ0v) is 18.2. The Balaban J connectivity index is 1.89. The highest BCUT2D eigenvalue weighted by Gasteiger charge is 2.28. The molecule has 0 bridgehead atoms. The average Bonchev–Trinajstić information content (AvgIpc) is 3.17. The molecule has 0 fully saturated rings. The van der Waals surface area contributed by atoms with Gasteiger partial charge in [-0.3, -0.25) is 9.89 Å². The lowest BCUT2D eigenvalue weighted by Crippen LogP contribution is -2.35. The molecule has 148 valence electrons. The summed E-state index contributed by atoms with van der Waals surface area (Å²) in [5.41, 5.74) is 2.91. The number of rotatable bonds is 6. The van der Waals surface area contributed by atoms with E-state index in [0.717, 1.165) is 33.3 Å². The number of carbonyl (C=O) groups is 1. The van der Waals surface area contributed by atoms with Crippen LogP contribution >= 0.6 is 27.5 Å². The van der Waals surface area contributed by atoms with Crippen molar-refractivity contribution in [2.75, 3.05) is 26.8 Å². The molecule has 0 saturated carbocycles. The van der Waals surface area contributed by atoms with Crippen LogP contribution in [0.1, 0.15) is 23.6 Å². The van der Waals surface area contributed by atoms with Gasteiger partial charge in [-0.15, -0.1) is 0 Å². The number of methoxy groups -OCH3 is 1. The number of benzene rings is 2. The van der Waals surface area contributed by atoms with Gasteiger partial charge in [0.2, 0.25) is 0 Å². The molecule has 2 aromatic rings. The van der Waals surface area contributed by atoms with Gasteiger partial charge in [-0.1, -0.05) is 39.7 Å². The van der Waals surface area contributed by atoms with E-state index in [9.17, 15) is 4.79 Å².